The maximum Gasteiger partial charge on any atom is 0.295 e. The van der Waals surface area contributed by atoms with Gasteiger partial charge in [-0.2, -0.15) is 0 Å². The van der Waals surface area contributed by atoms with Crippen LogP contribution in [0.5, 0.6) is 5.75 Å². The molecule has 1 aliphatic rings. The van der Waals surface area contributed by atoms with Gasteiger partial charge in [-0.05, 0) is 41.3 Å². The van der Waals surface area contributed by atoms with Gasteiger partial charge in [-0.25, -0.2) is 0 Å². The standard InChI is InChI=1S/C25H22N2O4/c1-2-16-5-7-19(8-6-16)23(29)21-22(18-9-11-20(28)12-10-18)27(25(31)24(21)30)15-17-4-3-13-26-14-17/h3-14,22,28-29H,2,15H2,1H3/b23-21+. The lowest BCUT2D eigenvalue weighted by molar-refractivity contribution is -0.140. The van der Waals surface area contributed by atoms with Crippen molar-refractivity contribution in [2.75, 3.05) is 0 Å². The number of aromatic hydroxyl groups is 1. The van der Waals surface area contributed by atoms with Gasteiger partial charge >= 0.3 is 0 Å². The Morgan fingerprint density at radius 1 is 1.00 bits per heavy atom. The van der Waals surface area contributed by atoms with E-state index in [9.17, 15) is 19.8 Å². The third-order valence-electron chi connectivity index (χ3n) is 5.46. The molecule has 1 fully saturated rings. The molecule has 6 nitrogen and oxygen atoms in total. The first-order chi connectivity index (χ1) is 15.0. The number of hydrogen-bond acceptors (Lipinski definition) is 5. The average molecular weight is 414 g/mol. The van der Waals surface area contributed by atoms with Crippen molar-refractivity contribution in [1.82, 2.24) is 9.88 Å². The molecule has 2 aromatic carbocycles. The first kappa shape index (κ1) is 20.3. The van der Waals surface area contributed by atoms with Crippen molar-refractivity contribution < 1.29 is 19.8 Å². The molecule has 1 amide bonds. The van der Waals surface area contributed by atoms with Gasteiger partial charge in [-0.3, -0.25) is 14.6 Å². The third kappa shape index (κ3) is 3.92. The van der Waals surface area contributed by atoms with E-state index < -0.39 is 17.7 Å². The van der Waals surface area contributed by atoms with E-state index in [1.54, 1.807) is 42.7 Å². The SMILES string of the molecule is CCc1ccc(/C(O)=C2\C(=O)C(=O)N(Cc3cccnc3)C2c2ccc(O)cc2)cc1. The second kappa shape index (κ2) is 8.44. The molecule has 0 aliphatic carbocycles. The summed E-state index contributed by atoms with van der Waals surface area (Å²) < 4.78 is 0. The van der Waals surface area contributed by atoms with E-state index in [0.29, 0.717) is 11.1 Å². The number of hydrogen-bond donors (Lipinski definition) is 2. The van der Waals surface area contributed by atoms with Gasteiger partial charge in [0.1, 0.15) is 11.5 Å². The molecule has 156 valence electrons. The number of aliphatic hydroxyl groups excluding tert-OH is 1. The van der Waals surface area contributed by atoms with Crippen LogP contribution in [0.4, 0.5) is 0 Å². The molecule has 2 heterocycles. The Morgan fingerprint density at radius 2 is 1.71 bits per heavy atom. The van der Waals surface area contributed by atoms with Gasteiger partial charge in [0.05, 0.1) is 11.6 Å². The summed E-state index contributed by atoms with van der Waals surface area (Å²) in [7, 11) is 0. The Kier molecular flexibility index (Phi) is 5.54. The molecule has 1 unspecified atom stereocenters. The highest BCUT2D eigenvalue weighted by Gasteiger charge is 2.46. The van der Waals surface area contributed by atoms with E-state index in [1.807, 2.05) is 25.1 Å². The lowest BCUT2D eigenvalue weighted by Gasteiger charge is -2.25. The molecule has 0 radical (unpaired) electrons. The van der Waals surface area contributed by atoms with Gasteiger partial charge in [-0.1, -0.05) is 49.4 Å². The molecule has 6 heteroatoms. The van der Waals surface area contributed by atoms with Crippen LogP contribution in [-0.4, -0.2) is 31.8 Å². The molecule has 31 heavy (non-hydrogen) atoms. The second-order valence-corrected chi connectivity index (χ2v) is 7.43. The molecule has 4 rings (SSSR count). The number of benzene rings is 2. The second-order valence-electron chi connectivity index (χ2n) is 7.43. The highest BCUT2D eigenvalue weighted by Crippen LogP contribution is 2.40. The molecule has 0 bridgehead atoms. The van der Waals surface area contributed by atoms with E-state index in [4.69, 9.17) is 0 Å². The summed E-state index contributed by atoms with van der Waals surface area (Å²) in [6.45, 7) is 2.19. The smallest absolute Gasteiger partial charge is 0.295 e. The third-order valence-corrected chi connectivity index (χ3v) is 5.46. The minimum atomic E-state index is -0.786. The van der Waals surface area contributed by atoms with E-state index in [2.05, 4.69) is 4.98 Å². The van der Waals surface area contributed by atoms with Crippen LogP contribution in [0.25, 0.3) is 5.76 Å². The van der Waals surface area contributed by atoms with Crippen molar-refractivity contribution >= 4 is 17.4 Å². The molecule has 1 saturated heterocycles. The van der Waals surface area contributed by atoms with Crippen molar-refractivity contribution in [2.24, 2.45) is 0 Å². The summed E-state index contributed by atoms with van der Waals surface area (Å²) in [5, 5.41) is 20.8. The Morgan fingerprint density at radius 3 is 2.32 bits per heavy atom. The number of aromatic nitrogens is 1. The Balaban J connectivity index is 1.84. The van der Waals surface area contributed by atoms with Gasteiger partial charge in [0.25, 0.3) is 11.7 Å². The van der Waals surface area contributed by atoms with Crippen molar-refractivity contribution in [1.29, 1.82) is 0 Å². The van der Waals surface area contributed by atoms with Gasteiger partial charge in [0.2, 0.25) is 0 Å². The normalized spacial score (nSPS) is 17.8. The van der Waals surface area contributed by atoms with Crippen molar-refractivity contribution in [3.05, 3.63) is 101 Å². The largest absolute Gasteiger partial charge is 0.508 e. The summed E-state index contributed by atoms with van der Waals surface area (Å²) in [5.41, 5.74) is 2.99. The number of pyridine rings is 1. The predicted octanol–water partition coefficient (Wildman–Crippen LogP) is 3.97. The Bertz CT molecular complexity index is 1140. The van der Waals surface area contributed by atoms with Crippen molar-refractivity contribution in [3.8, 4) is 5.75 Å². The number of ketones is 1. The number of amides is 1. The van der Waals surface area contributed by atoms with Crippen LogP contribution in [0.1, 0.15) is 35.2 Å². The fourth-order valence-electron chi connectivity index (χ4n) is 3.79. The number of aryl methyl sites for hydroxylation is 1. The van der Waals surface area contributed by atoms with Crippen LogP contribution in [0.3, 0.4) is 0 Å². The number of Topliss-reactive ketones (excluding diaryl/α,β-unsaturated/α-hetero) is 1. The molecular weight excluding hydrogens is 392 g/mol. The summed E-state index contributed by atoms with van der Waals surface area (Å²) in [6, 6.07) is 16.3. The summed E-state index contributed by atoms with van der Waals surface area (Å²) in [5.74, 6) is -1.57. The lowest BCUT2D eigenvalue weighted by atomic mass is 9.94. The number of nitrogens with zero attached hydrogens (tertiary/aromatic N) is 2. The zero-order chi connectivity index (χ0) is 22.0. The zero-order valence-corrected chi connectivity index (χ0v) is 17.0. The highest BCUT2D eigenvalue weighted by molar-refractivity contribution is 6.46. The molecule has 1 aromatic heterocycles. The van der Waals surface area contributed by atoms with E-state index in [0.717, 1.165) is 17.5 Å². The number of carbonyl (C=O) groups is 2. The minimum Gasteiger partial charge on any atom is -0.508 e. The first-order valence-electron chi connectivity index (χ1n) is 10.0. The summed E-state index contributed by atoms with van der Waals surface area (Å²) >= 11 is 0. The van der Waals surface area contributed by atoms with Crippen molar-refractivity contribution in [3.63, 3.8) is 0 Å². The lowest BCUT2D eigenvalue weighted by Crippen LogP contribution is -2.29. The van der Waals surface area contributed by atoms with Crippen molar-refractivity contribution in [2.45, 2.75) is 25.9 Å². The van der Waals surface area contributed by atoms with Crippen LogP contribution >= 0.6 is 0 Å². The van der Waals surface area contributed by atoms with Crippen LogP contribution in [0, 0.1) is 0 Å². The topological polar surface area (TPSA) is 90.7 Å². The molecule has 0 saturated carbocycles. The number of phenolic OH excluding ortho intramolecular Hbond substituents is 1. The van der Waals surface area contributed by atoms with Crippen LogP contribution in [0.15, 0.2) is 78.6 Å². The van der Waals surface area contributed by atoms with Gasteiger partial charge in [-0.15, -0.1) is 0 Å². The fourth-order valence-corrected chi connectivity index (χ4v) is 3.79. The Labute approximate surface area is 180 Å². The molecule has 0 spiro atoms. The number of rotatable bonds is 5. The summed E-state index contributed by atoms with van der Waals surface area (Å²) in [4.78, 5) is 31.5. The van der Waals surface area contributed by atoms with Gasteiger partial charge in [0, 0.05) is 24.5 Å². The molecule has 1 atom stereocenters. The predicted molar refractivity (Wildman–Crippen MR) is 116 cm³/mol. The first-order valence-corrected chi connectivity index (χ1v) is 10.0. The van der Waals surface area contributed by atoms with E-state index in [-0.39, 0.29) is 23.6 Å². The maximum atomic E-state index is 13.0. The minimum absolute atomic E-state index is 0.0313. The monoisotopic (exact) mass is 414 g/mol. The van der Waals surface area contributed by atoms with E-state index in [1.165, 1.54) is 17.0 Å². The van der Waals surface area contributed by atoms with E-state index >= 15 is 0 Å². The number of aliphatic hydroxyl groups is 1. The molecule has 1 aliphatic heterocycles. The van der Waals surface area contributed by atoms with Crippen LogP contribution < -0.4 is 0 Å². The zero-order valence-electron chi connectivity index (χ0n) is 17.0. The number of likely N-dealkylation sites (tertiary alicyclic amines) is 1. The highest BCUT2D eigenvalue weighted by atomic mass is 16.3. The Hall–Kier alpha value is -3.93. The molecule has 2 N–H and O–H groups in total. The fraction of sp³-hybridized carbons (Fsp3) is 0.160. The van der Waals surface area contributed by atoms with Crippen LogP contribution in [-0.2, 0) is 22.6 Å². The molecular formula is C25H22N2O4. The van der Waals surface area contributed by atoms with Gasteiger partial charge in [0.15, 0.2) is 0 Å². The average Bonchev–Trinajstić information content (AvgIpc) is 3.05. The molecule has 3 aromatic rings. The summed E-state index contributed by atoms with van der Waals surface area (Å²) in [6.07, 6.45) is 4.12. The van der Waals surface area contributed by atoms with Crippen LogP contribution in [0.2, 0.25) is 0 Å². The van der Waals surface area contributed by atoms with Gasteiger partial charge < -0.3 is 15.1 Å². The number of phenols is 1. The number of carbonyl (C=O) groups excluding carboxylic acids is 2. The maximum absolute atomic E-state index is 13.0. The quantitative estimate of drug-likeness (QED) is 0.375.